The minimum Gasteiger partial charge on any atom is -0.336 e. The van der Waals surface area contributed by atoms with Crippen molar-refractivity contribution in [3.63, 3.8) is 0 Å². The molecule has 0 radical (unpaired) electrons. The molecule has 0 N–H and O–H groups in total. The Labute approximate surface area is 315 Å². The van der Waals surface area contributed by atoms with Gasteiger partial charge in [0.05, 0.1) is 6.20 Å². The zero-order valence-electron chi connectivity index (χ0n) is 29.6. The lowest BCUT2D eigenvalue weighted by atomic mass is 10.0. The lowest BCUT2D eigenvalue weighted by Crippen LogP contribution is -2.44. The van der Waals surface area contributed by atoms with Gasteiger partial charge in [0, 0.05) is 73.9 Å². The van der Waals surface area contributed by atoms with Crippen molar-refractivity contribution in [2.75, 3.05) is 13.1 Å². The molecular weight excluding hydrogens is 706 g/mol. The van der Waals surface area contributed by atoms with Crippen LogP contribution in [0.4, 0.5) is 4.39 Å². The molecule has 2 aromatic heterocycles. The summed E-state index contributed by atoms with van der Waals surface area (Å²) >= 11 is 7.44. The number of carbonyl (C=O) groups is 1. The number of aryl methyl sites for hydroxylation is 1. The van der Waals surface area contributed by atoms with E-state index in [0.717, 1.165) is 27.8 Å². The molecule has 8 nitrogen and oxygen atoms in total. The van der Waals surface area contributed by atoms with E-state index in [4.69, 9.17) is 11.6 Å². The van der Waals surface area contributed by atoms with Gasteiger partial charge in [-0.05, 0) is 79.8 Å². The Hall–Kier alpha value is -3.96. The van der Waals surface area contributed by atoms with Crippen LogP contribution in [0.15, 0.2) is 101 Å². The van der Waals surface area contributed by atoms with E-state index in [1.807, 2.05) is 42.4 Å². The molecule has 1 amide bonds. The van der Waals surface area contributed by atoms with E-state index in [1.54, 1.807) is 33.8 Å². The SMILES string of the molecule is CC(C)N(CCN(Cc1ccc(-c2ccc(Cl)cc2)cc1)C(=O)Cn1cc(Cc2cnn(C)c2)c(=O)nc1SCc1ccc(F)cc1)C(C)C.Cl. The van der Waals surface area contributed by atoms with E-state index in [0.29, 0.717) is 59.6 Å². The molecular formula is C39H45Cl2FN6O2S. The predicted molar refractivity (Wildman–Crippen MR) is 207 cm³/mol. The highest BCUT2D eigenvalue weighted by atomic mass is 35.5. The van der Waals surface area contributed by atoms with Crippen LogP contribution in [0.25, 0.3) is 11.1 Å². The summed E-state index contributed by atoms with van der Waals surface area (Å²) in [6.45, 7) is 10.4. The summed E-state index contributed by atoms with van der Waals surface area (Å²) in [6.07, 6.45) is 5.68. The van der Waals surface area contributed by atoms with Crippen molar-refractivity contribution >= 4 is 41.7 Å². The average Bonchev–Trinajstić information content (AvgIpc) is 3.50. The highest BCUT2D eigenvalue weighted by Gasteiger charge is 2.21. The number of amides is 1. The molecule has 0 unspecified atom stereocenters. The van der Waals surface area contributed by atoms with Crippen LogP contribution in [0.1, 0.15) is 49.9 Å². The molecule has 0 aliphatic heterocycles. The van der Waals surface area contributed by atoms with Crippen LogP contribution < -0.4 is 5.56 Å². The summed E-state index contributed by atoms with van der Waals surface area (Å²) in [5, 5.41) is 5.36. The molecule has 0 saturated carbocycles. The molecule has 5 aromatic rings. The van der Waals surface area contributed by atoms with E-state index in [2.05, 4.69) is 66.9 Å². The molecule has 0 bridgehead atoms. The molecule has 0 aliphatic rings. The van der Waals surface area contributed by atoms with Crippen LogP contribution in [0.2, 0.25) is 5.02 Å². The number of benzene rings is 3. The minimum atomic E-state index is -0.346. The Morgan fingerprint density at radius 3 is 2.06 bits per heavy atom. The van der Waals surface area contributed by atoms with Gasteiger partial charge in [-0.1, -0.05) is 71.9 Å². The molecule has 0 fully saturated rings. The van der Waals surface area contributed by atoms with Crippen molar-refractivity contribution in [3.8, 4) is 11.1 Å². The second kappa shape index (κ2) is 18.5. The highest BCUT2D eigenvalue weighted by molar-refractivity contribution is 7.98. The lowest BCUT2D eigenvalue weighted by molar-refractivity contribution is -0.133. The molecule has 2 heterocycles. The van der Waals surface area contributed by atoms with Crippen LogP contribution >= 0.6 is 35.8 Å². The van der Waals surface area contributed by atoms with Crippen molar-refractivity contribution in [1.82, 2.24) is 29.1 Å². The Bertz CT molecular complexity index is 1920. The van der Waals surface area contributed by atoms with E-state index in [1.165, 1.54) is 23.9 Å². The fraction of sp³-hybridized carbons (Fsp3) is 0.333. The number of carbonyl (C=O) groups excluding carboxylic acids is 1. The number of nitrogens with zero attached hydrogens (tertiary/aromatic N) is 6. The number of hydrogen-bond donors (Lipinski definition) is 0. The third-order valence-corrected chi connectivity index (χ3v) is 9.89. The number of hydrogen-bond acceptors (Lipinski definition) is 6. The van der Waals surface area contributed by atoms with E-state index in [-0.39, 0.29) is 36.2 Å². The van der Waals surface area contributed by atoms with Crippen molar-refractivity contribution in [2.45, 2.75) is 70.2 Å². The number of aromatic nitrogens is 4. The standard InChI is InChI=1S/C39H44ClFN6O2S.ClH/c1-27(2)47(28(3)4)19-18-45(23-29-6-10-32(11-7-29)33-12-14-35(40)15-13-33)37(48)25-46-24-34(20-31-21-42-44(5)22-31)38(49)43-39(46)50-26-30-8-16-36(41)17-9-30;/h6-17,21-22,24,27-28H,18-20,23,25-26H2,1-5H3;1H. The van der Waals surface area contributed by atoms with Crippen LogP contribution in [0.5, 0.6) is 0 Å². The second-order valence-corrected chi connectivity index (χ2v) is 14.4. The molecule has 270 valence electrons. The van der Waals surface area contributed by atoms with Gasteiger partial charge in [0.1, 0.15) is 12.4 Å². The van der Waals surface area contributed by atoms with Gasteiger partial charge in [-0.25, -0.2) is 4.39 Å². The Morgan fingerprint density at radius 1 is 0.863 bits per heavy atom. The summed E-state index contributed by atoms with van der Waals surface area (Å²) in [5.74, 6) is 0.0672. The zero-order valence-corrected chi connectivity index (χ0v) is 32.0. The minimum absolute atomic E-state index is 0. The van der Waals surface area contributed by atoms with Gasteiger partial charge < -0.3 is 9.47 Å². The van der Waals surface area contributed by atoms with Gasteiger partial charge in [0.15, 0.2) is 5.16 Å². The fourth-order valence-corrected chi connectivity index (χ4v) is 6.98. The fourth-order valence-electron chi connectivity index (χ4n) is 5.93. The molecule has 0 saturated heterocycles. The summed E-state index contributed by atoms with van der Waals surface area (Å²) in [4.78, 5) is 36.3. The maximum absolute atomic E-state index is 14.3. The maximum atomic E-state index is 14.3. The first-order valence-electron chi connectivity index (χ1n) is 16.8. The van der Waals surface area contributed by atoms with Gasteiger partial charge in [-0.2, -0.15) is 10.1 Å². The van der Waals surface area contributed by atoms with E-state index < -0.39 is 0 Å². The van der Waals surface area contributed by atoms with Crippen LogP contribution in [-0.4, -0.2) is 60.2 Å². The molecule has 0 aliphatic carbocycles. The largest absolute Gasteiger partial charge is 0.336 e. The molecule has 0 spiro atoms. The summed E-state index contributed by atoms with van der Waals surface area (Å²) < 4.78 is 17.0. The lowest BCUT2D eigenvalue weighted by Gasteiger charge is -2.33. The van der Waals surface area contributed by atoms with Gasteiger partial charge in [0.2, 0.25) is 5.91 Å². The highest BCUT2D eigenvalue weighted by Crippen LogP contribution is 2.24. The topological polar surface area (TPSA) is 76.3 Å². The number of halogens is 3. The Balaban J connectivity index is 0.00000583. The van der Waals surface area contributed by atoms with Crippen molar-refractivity contribution < 1.29 is 9.18 Å². The normalized spacial score (nSPS) is 11.3. The first kappa shape index (κ1) is 39.8. The summed E-state index contributed by atoms with van der Waals surface area (Å²) in [7, 11) is 1.83. The van der Waals surface area contributed by atoms with Gasteiger partial charge in [0.25, 0.3) is 5.56 Å². The first-order valence-corrected chi connectivity index (χ1v) is 18.1. The van der Waals surface area contributed by atoms with Crippen molar-refractivity contribution in [2.24, 2.45) is 7.05 Å². The van der Waals surface area contributed by atoms with Gasteiger partial charge >= 0.3 is 0 Å². The van der Waals surface area contributed by atoms with Crippen LogP contribution in [0.3, 0.4) is 0 Å². The molecule has 3 aromatic carbocycles. The third kappa shape index (κ3) is 11.3. The van der Waals surface area contributed by atoms with Crippen LogP contribution in [0, 0.1) is 5.82 Å². The maximum Gasteiger partial charge on any atom is 0.277 e. The monoisotopic (exact) mass is 750 g/mol. The van der Waals surface area contributed by atoms with Gasteiger partial charge in [-0.15, -0.1) is 12.4 Å². The molecule has 51 heavy (non-hydrogen) atoms. The van der Waals surface area contributed by atoms with Crippen molar-refractivity contribution in [1.29, 1.82) is 0 Å². The average molecular weight is 752 g/mol. The summed E-state index contributed by atoms with van der Waals surface area (Å²) in [6, 6.07) is 22.9. The van der Waals surface area contributed by atoms with Crippen molar-refractivity contribution in [3.05, 3.63) is 135 Å². The van der Waals surface area contributed by atoms with Crippen LogP contribution in [-0.2, 0) is 37.1 Å². The number of thioether (sulfide) groups is 1. The van der Waals surface area contributed by atoms with E-state index in [9.17, 15) is 14.0 Å². The second-order valence-electron chi connectivity index (χ2n) is 13.0. The molecule has 5 rings (SSSR count). The predicted octanol–water partition coefficient (Wildman–Crippen LogP) is 7.89. The Kier molecular flexibility index (Phi) is 14.4. The number of rotatable bonds is 15. The van der Waals surface area contributed by atoms with E-state index >= 15 is 0 Å². The first-order chi connectivity index (χ1) is 23.9. The third-order valence-electron chi connectivity index (χ3n) is 8.58. The smallest absolute Gasteiger partial charge is 0.277 e. The molecule has 12 heteroatoms. The Morgan fingerprint density at radius 2 is 1.47 bits per heavy atom. The molecule has 0 atom stereocenters. The quantitative estimate of drug-likeness (QED) is 0.0801. The zero-order chi connectivity index (χ0) is 35.8. The summed E-state index contributed by atoms with van der Waals surface area (Å²) in [5.41, 5.74) is 5.04. The van der Waals surface area contributed by atoms with Gasteiger partial charge in [-0.3, -0.25) is 19.2 Å².